The number of halogens is 1. The summed E-state index contributed by atoms with van der Waals surface area (Å²) in [7, 11) is 1.44. The van der Waals surface area contributed by atoms with Crippen molar-refractivity contribution in [3.05, 3.63) is 36.0 Å². The van der Waals surface area contributed by atoms with Crippen LogP contribution in [-0.2, 0) is 0 Å². The van der Waals surface area contributed by atoms with Crippen molar-refractivity contribution in [2.45, 2.75) is 6.92 Å². The molecule has 0 atom stereocenters. The number of ether oxygens (including phenoxy) is 1. The van der Waals surface area contributed by atoms with Crippen LogP contribution in [0.2, 0.25) is 0 Å². The summed E-state index contributed by atoms with van der Waals surface area (Å²) < 4.78 is 18.2. The quantitative estimate of drug-likeness (QED) is 0.819. The Morgan fingerprint density at radius 3 is 2.73 bits per heavy atom. The zero-order valence-electron chi connectivity index (χ0n) is 8.54. The van der Waals surface area contributed by atoms with Crippen LogP contribution in [0.25, 0.3) is 11.3 Å². The fraction of sp³-hybridized carbons (Fsp3) is 0.182. The van der Waals surface area contributed by atoms with Crippen molar-refractivity contribution in [2.24, 2.45) is 0 Å². The van der Waals surface area contributed by atoms with Crippen molar-refractivity contribution in [3.63, 3.8) is 0 Å². The highest BCUT2D eigenvalue weighted by Gasteiger charge is 2.06. The maximum Gasteiger partial charge on any atom is 0.165 e. The number of aromatic nitrogens is 2. The zero-order valence-corrected chi connectivity index (χ0v) is 8.54. The second-order valence-corrected chi connectivity index (χ2v) is 3.23. The smallest absolute Gasteiger partial charge is 0.165 e. The Bertz CT molecular complexity index is 479. The summed E-state index contributed by atoms with van der Waals surface area (Å²) in [5.41, 5.74) is 1.56. The van der Waals surface area contributed by atoms with Crippen molar-refractivity contribution in [1.29, 1.82) is 0 Å². The van der Waals surface area contributed by atoms with Crippen LogP contribution in [0.1, 0.15) is 5.82 Å². The fourth-order valence-electron chi connectivity index (χ4n) is 1.40. The summed E-state index contributed by atoms with van der Waals surface area (Å²) >= 11 is 0. The molecule has 0 fully saturated rings. The van der Waals surface area contributed by atoms with Crippen LogP contribution in [-0.4, -0.2) is 17.1 Å². The van der Waals surface area contributed by atoms with Crippen molar-refractivity contribution < 1.29 is 9.13 Å². The Hall–Kier alpha value is -1.84. The lowest BCUT2D eigenvalue weighted by Crippen LogP contribution is -1.88. The average molecular weight is 206 g/mol. The summed E-state index contributed by atoms with van der Waals surface area (Å²) in [5.74, 6) is 0.679. The number of aromatic amines is 1. The van der Waals surface area contributed by atoms with E-state index in [-0.39, 0.29) is 11.6 Å². The summed E-state index contributed by atoms with van der Waals surface area (Å²) in [6.45, 7) is 1.85. The first kappa shape index (κ1) is 9.71. The Kier molecular flexibility index (Phi) is 2.41. The number of methoxy groups -OCH3 is 1. The first-order valence-electron chi connectivity index (χ1n) is 4.56. The van der Waals surface area contributed by atoms with Gasteiger partial charge in [-0.15, -0.1) is 0 Å². The van der Waals surface area contributed by atoms with E-state index in [1.165, 1.54) is 13.2 Å². The molecule has 1 aromatic carbocycles. The lowest BCUT2D eigenvalue weighted by molar-refractivity contribution is 0.386. The Morgan fingerprint density at radius 2 is 2.20 bits per heavy atom. The molecule has 0 spiro atoms. The van der Waals surface area contributed by atoms with Crippen LogP contribution in [0.3, 0.4) is 0 Å². The van der Waals surface area contributed by atoms with Gasteiger partial charge in [-0.1, -0.05) is 0 Å². The number of aryl methyl sites for hydroxylation is 1. The normalized spacial score (nSPS) is 10.3. The molecule has 4 heteroatoms. The van der Waals surface area contributed by atoms with Gasteiger partial charge in [0.25, 0.3) is 0 Å². The molecule has 1 heterocycles. The van der Waals surface area contributed by atoms with E-state index in [1.807, 2.05) is 6.92 Å². The number of nitrogens with zero attached hydrogens (tertiary/aromatic N) is 1. The van der Waals surface area contributed by atoms with E-state index in [9.17, 15) is 4.39 Å². The molecule has 0 bridgehead atoms. The van der Waals surface area contributed by atoms with E-state index in [4.69, 9.17) is 4.74 Å². The third kappa shape index (κ3) is 1.83. The molecule has 3 nitrogen and oxygen atoms in total. The predicted molar refractivity (Wildman–Crippen MR) is 55.3 cm³/mol. The number of rotatable bonds is 2. The summed E-state index contributed by atoms with van der Waals surface area (Å²) in [4.78, 5) is 7.09. The van der Waals surface area contributed by atoms with E-state index >= 15 is 0 Å². The van der Waals surface area contributed by atoms with E-state index in [2.05, 4.69) is 9.97 Å². The van der Waals surface area contributed by atoms with Crippen LogP contribution >= 0.6 is 0 Å². The Balaban J connectivity index is 2.42. The second kappa shape index (κ2) is 3.73. The summed E-state index contributed by atoms with van der Waals surface area (Å²) in [6.07, 6.45) is 1.68. The van der Waals surface area contributed by atoms with Crippen LogP contribution in [0.15, 0.2) is 24.4 Å². The molecule has 0 amide bonds. The third-order valence-electron chi connectivity index (χ3n) is 2.17. The number of H-pyrrole nitrogens is 1. The average Bonchev–Trinajstić information content (AvgIpc) is 2.65. The minimum atomic E-state index is -0.373. The lowest BCUT2D eigenvalue weighted by Gasteiger charge is -2.03. The molecular weight excluding hydrogens is 195 g/mol. The largest absolute Gasteiger partial charge is 0.494 e. The van der Waals surface area contributed by atoms with Crippen LogP contribution < -0.4 is 4.74 Å². The van der Waals surface area contributed by atoms with Gasteiger partial charge in [0.2, 0.25) is 0 Å². The molecular formula is C11H11FN2O. The SMILES string of the molecule is COc1ccc(-c2cnc(C)[nH]2)cc1F. The highest BCUT2D eigenvalue weighted by molar-refractivity contribution is 5.59. The van der Waals surface area contributed by atoms with Gasteiger partial charge in [-0.25, -0.2) is 9.37 Å². The van der Waals surface area contributed by atoms with Gasteiger partial charge >= 0.3 is 0 Å². The molecule has 1 aromatic heterocycles. The number of benzene rings is 1. The maximum absolute atomic E-state index is 13.4. The molecule has 0 aliphatic carbocycles. The van der Waals surface area contributed by atoms with Gasteiger partial charge in [-0.05, 0) is 25.1 Å². The summed E-state index contributed by atoms with van der Waals surface area (Å²) in [6, 6.07) is 4.81. The molecule has 0 unspecified atom stereocenters. The van der Waals surface area contributed by atoms with Crippen LogP contribution in [0.4, 0.5) is 4.39 Å². The second-order valence-electron chi connectivity index (χ2n) is 3.23. The van der Waals surface area contributed by atoms with Gasteiger partial charge in [0, 0.05) is 5.56 Å². The topological polar surface area (TPSA) is 37.9 Å². The summed E-state index contributed by atoms with van der Waals surface area (Å²) in [5, 5.41) is 0. The van der Waals surface area contributed by atoms with Crippen molar-refractivity contribution in [2.75, 3.05) is 7.11 Å². The third-order valence-corrected chi connectivity index (χ3v) is 2.17. The first-order valence-corrected chi connectivity index (χ1v) is 4.56. The van der Waals surface area contributed by atoms with Gasteiger partial charge in [-0.2, -0.15) is 0 Å². The van der Waals surface area contributed by atoms with Crippen LogP contribution in [0.5, 0.6) is 5.75 Å². The molecule has 1 N–H and O–H groups in total. The van der Waals surface area contributed by atoms with Gasteiger partial charge < -0.3 is 9.72 Å². The Morgan fingerprint density at radius 1 is 1.40 bits per heavy atom. The fourth-order valence-corrected chi connectivity index (χ4v) is 1.40. The van der Waals surface area contributed by atoms with Gasteiger partial charge in [0.05, 0.1) is 19.0 Å². The monoisotopic (exact) mass is 206 g/mol. The molecule has 78 valence electrons. The minimum Gasteiger partial charge on any atom is -0.494 e. The number of nitrogens with one attached hydrogen (secondary N) is 1. The maximum atomic E-state index is 13.4. The van der Waals surface area contributed by atoms with Gasteiger partial charge in [0.1, 0.15) is 5.82 Å². The molecule has 0 radical (unpaired) electrons. The molecule has 2 rings (SSSR count). The van der Waals surface area contributed by atoms with Gasteiger partial charge in [-0.3, -0.25) is 0 Å². The number of imidazole rings is 1. The van der Waals surface area contributed by atoms with E-state index in [1.54, 1.807) is 18.3 Å². The van der Waals surface area contributed by atoms with Crippen molar-refractivity contribution in [1.82, 2.24) is 9.97 Å². The van der Waals surface area contributed by atoms with Crippen LogP contribution in [0, 0.1) is 12.7 Å². The zero-order chi connectivity index (χ0) is 10.8. The molecule has 0 saturated heterocycles. The predicted octanol–water partition coefficient (Wildman–Crippen LogP) is 2.53. The van der Waals surface area contributed by atoms with Crippen molar-refractivity contribution >= 4 is 0 Å². The van der Waals surface area contributed by atoms with Crippen molar-refractivity contribution in [3.8, 4) is 17.0 Å². The first-order chi connectivity index (χ1) is 7.20. The molecule has 0 aliphatic rings. The molecule has 0 aliphatic heterocycles. The highest BCUT2D eigenvalue weighted by Crippen LogP contribution is 2.23. The molecule has 2 aromatic rings. The highest BCUT2D eigenvalue weighted by atomic mass is 19.1. The number of hydrogen-bond acceptors (Lipinski definition) is 2. The van der Waals surface area contributed by atoms with E-state index in [0.29, 0.717) is 0 Å². The minimum absolute atomic E-state index is 0.245. The van der Waals surface area contributed by atoms with E-state index < -0.39 is 0 Å². The van der Waals surface area contributed by atoms with Gasteiger partial charge in [0.15, 0.2) is 11.6 Å². The Labute approximate surface area is 86.9 Å². The number of hydrogen-bond donors (Lipinski definition) is 1. The van der Waals surface area contributed by atoms with E-state index in [0.717, 1.165) is 17.1 Å². The molecule has 15 heavy (non-hydrogen) atoms. The standard InChI is InChI=1S/C11H11FN2O/c1-7-13-6-10(14-7)8-3-4-11(15-2)9(12)5-8/h3-6H,1-2H3,(H,13,14). The lowest BCUT2D eigenvalue weighted by atomic mass is 10.1. The molecule has 0 saturated carbocycles.